The van der Waals surface area contributed by atoms with E-state index in [1.807, 2.05) is 17.2 Å². The Morgan fingerprint density at radius 3 is 2.18 bits per heavy atom. The van der Waals surface area contributed by atoms with Crippen LogP contribution in [-0.4, -0.2) is 13.9 Å². The zero-order chi connectivity index (χ0) is 13.3. The Labute approximate surface area is 114 Å². The lowest BCUT2D eigenvalue weighted by Crippen LogP contribution is -2.48. The van der Waals surface area contributed by atoms with E-state index in [1.165, 1.54) is 0 Å². The lowest BCUT2D eigenvalue weighted by molar-refractivity contribution is 0.198. The molecule has 0 bridgehead atoms. The molecule has 0 spiro atoms. The van der Waals surface area contributed by atoms with E-state index >= 15 is 0 Å². The minimum absolute atomic E-state index is 0.0545. The Morgan fingerprint density at radius 1 is 1.18 bits per heavy atom. The van der Waals surface area contributed by atoms with E-state index in [1.54, 1.807) is 0 Å². The third-order valence-electron chi connectivity index (χ3n) is 2.02. The number of hydroxylamine groups is 1. The second-order valence-corrected chi connectivity index (χ2v) is 11.5. The Balaban J connectivity index is 3.07. The van der Waals surface area contributed by atoms with Crippen molar-refractivity contribution < 1.29 is 4.53 Å². The molecular weight excluding hydrogens is 294 g/mol. The Hall–Kier alpha value is -0.323. The van der Waals surface area contributed by atoms with Gasteiger partial charge in [0.1, 0.15) is 0 Å². The first kappa shape index (κ1) is 14.7. The second-order valence-electron chi connectivity index (χ2n) is 6.15. The van der Waals surface area contributed by atoms with Crippen LogP contribution in [0.5, 0.6) is 0 Å². The Kier molecular flexibility index (Phi) is 4.44. The van der Waals surface area contributed by atoms with Gasteiger partial charge in [-0.1, -0.05) is 22.0 Å². The first-order valence-electron chi connectivity index (χ1n) is 5.84. The van der Waals surface area contributed by atoms with Gasteiger partial charge in [0.15, 0.2) is 0 Å². The summed E-state index contributed by atoms with van der Waals surface area (Å²) in [5.41, 5.74) is 1.04. The van der Waals surface area contributed by atoms with E-state index in [4.69, 9.17) is 4.53 Å². The zero-order valence-corrected chi connectivity index (χ0v) is 14.1. The highest BCUT2D eigenvalue weighted by molar-refractivity contribution is 9.10. The van der Waals surface area contributed by atoms with Crippen molar-refractivity contribution in [1.29, 1.82) is 0 Å². The molecule has 0 N–H and O–H groups in total. The van der Waals surface area contributed by atoms with Crippen molar-refractivity contribution in [2.24, 2.45) is 0 Å². The number of rotatable bonds is 3. The van der Waals surface area contributed by atoms with E-state index in [-0.39, 0.29) is 5.54 Å². The van der Waals surface area contributed by atoms with Crippen LogP contribution in [0.2, 0.25) is 19.6 Å². The molecule has 0 heterocycles. The molecule has 0 aliphatic rings. The molecule has 1 rings (SSSR count). The topological polar surface area (TPSA) is 12.5 Å². The smallest absolute Gasteiger partial charge is 0.220 e. The molecule has 0 atom stereocenters. The number of anilines is 1. The number of hydrogen-bond donors (Lipinski definition) is 0. The highest BCUT2D eigenvalue weighted by Gasteiger charge is 2.28. The maximum absolute atomic E-state index is 6.19. The van der Waals surface area contributed by atoms with Crippen LogP contribution in [0.15, 0.2) is 28.7 Å². The van der Waals surface area contributed by atoms with Crippen LogP contribution in [-0.2, 0) is 4.53 Å². The summed E-state index contributed by atoms with van der Waals surface area (Å²) in [6.45, 7) is 13.1. The van der Waals surface area contributed by atoms with Crippen molar-refractivity contribution >= 4 is 29.9 Å². The van der Waals surface area contributed by atoms with Gasteiger partial charge in [0.25, 0.3) is 0 Å². The van der Waals surface area contributed by atoms with Crippen LogP contribution in [0, 0.1) is 0 Å². The summed E-state index contributed by atoms with van der Waals surface area (Å²) in [4.78, 5) is 0. The maximum Gasteiger partial charge on any atom is 0.220 e. The van der Waals surface area contributed by atoms with Crippen molar-refractivity contribution in [1.82, 2.24) is 0 Å². The molecule has 0 aliphatic heterocycles. The quantitative estimate of drug-likeness (QED) is 0.585. The third-order valence-corrected chi connectivity index (χ3v) is 3.24. The number of benzene rings is 1. The van der Waals surface area contributed by atoms with E-state index < -0.39 is 8.32 Å². The first-order chi connectivity index (χ1) is 7.59. The fourth-order valence-corrected chi connectivity index (χ4v) is 2.77. The van der Waals surface area contributed by atoms with Crippen molar-refractivity contribution in [2.75, 3.05) is 5.06 Å². The predicted molar refractivity (Wildman–Crippen MR) is 80.8 cm³/mol. The molecule has 0 radical (unpaired) electrons. The lowest BCUT2D eigenvalue weighted by Gasteiger charge is -2.40. The molecule has 4 heteroatoms. The number of hydrogen-bond acceptors (Lipinski definition) is 2. The molecule has 0 amide bonds. The minimum atomic E-state index is -1.62. The molecule has 96 valence electrons. The fraction of sp³-hybridized carbons (Fsp3) is 0.538. The molecule has 0 fully saturated rings. The van der Waals surface area contributed by atoms with Gasteiger partial charge < -0.3 is 4.53 Å². The monoisotopic (exact) mass is 315 g/mol. The van der Waals surface area contributed by atoms with Crippen LogP contribution < -0.4 is 5.06 Å². The van der Waals surface area contributed by atoms with Gasteiger partial charge in [-0.05, 0) is 58.6 Å². The van der Waals surface area contributed by atoms with Crippen LogP contribution in [0.4, 0.5) is 5.69 Å². The van der Waals surface area contributed by atoms with Gasteiger partial charge in [-0.25, -0.2) is 0 Å². The summed E-state index contributed by atoms with van der Waals surface area (Å²) in [7, 11) is -1.62. The standard InChI is InChI=1S/C13H22BrNOSi/c1-13(2,3)15(16-17(4,5)6)12-9-7-8-11(14)10-12/h7-10H,1-6H3. The van der Waals surface area contributed by atoms with E-state index in [9.17, 15) is 0 Å². The number of halogens is 1. The van der Waals surface area contributed by atoms with Crippen molar-refractivity contribution in [3.63, 3.8) is 0 Å². The Bertz CT molecular complexity index is 382. The summed E-state index contributed by atoms with van der Waals surface area (Å²) >= 11 is 3.51. The SMILES string of the molecule is CC(C)(C)N(O[Si](C)(C)C)c1cccc(Br)c1. The van der Waals surface area contributed by atoms with E-state index in [0.717, 1.165) is 10.2 Å². The van der Waals surface area contributed by atoms with Crippen LogP contribution >= 0.6 is 15.9 Å². The molecule has 0 aliphatic carbocycles. The summed E-state index contributed by atoms with van der Waals surface area (Å²) in [5.74, 6) is 0. The molecule has 0 unspecified atom stereocenters. The third kappa shape index (κ3) is 4.82. The van der Waals surface area contributed by atoms with Crippen molar-refractivity contribution in [2.45, 2.75) is 46.0 Å². The van der Waals surface area contributed by atoms with Gasteiger partial charge in [0.2, 0.25) is 8.32 Å². The molecule has 1 aromatic carbocycles. The van der Waals surface area contributed by atoms with E-state index in [0.29, 0.717) is 0 Å². The van der Waals surface area contributed by atoms with Gasteiger partial charge in [-0.3, -0.25) is 5.06 Å². The summed E-state index contributed by atoms with van der Waals surface area (Å²) in [6.07, 6.45) is 0. The minimum Gasteiger partial charge on any atom is -0.320 e. The molecule has 17 heavy (non-hydrogen) atoms. The summed E-state index contributed by atoms with van der Waals surface area (Å²) < 4.78 is 7.27. The van der Waals surface area contributed by atoms with Crippen LogP contribution in [0.25, 0.3) is 0 Å². The molecule has 0 saturated heterocycles. The van der Waals surface area contributed by atoms with Gasteiger partial charge in [0, 0.05) is 4.47 Å². The average Bonchev–Trinajstić information content (AvgIpc) is 2.11. The zero-order valence-electron chi connectivity index (χ0n) is 11.5. The second kappa shape index (κ2) is 5.12. The predicted octanol–water partition coefficient (Wildman–Crippen LogP) is 4.82. The summed E-state index contributed by atoms with van der Waals surface area (Å²) in [6, 6.07) is 8.23. The molecule has 0 aromatic heterocycles. The fourth-order valence-electron chi connectivity index (χ4n) is 1.45. The van der Waals surface area contributed by atoms with Gasteiger partial charge in [-0.15, -0.1) is 0 Å². The first-order valence-corrected chi connectivity index (χ1v) is 10.0. The Morgan fingerprint density at radius 2 is 1.76 bits per heavy atom. The average molecular weight is 316 g/mol. The highest BCUT2D eigenvalue weighted by atomic mass is 79.9. The van der Waals surface area contributed by atoms with Gasteiger partial charge in [-0.2, -0.15) is 0 Å². The normalized spacial score (nSPS) is 12.6. The highest BCUT2D eigenvalue weighted by Crippen LogP contribution is 2.28. The van der Waals surface area contributed by atoms with Crippen molar-refractivity contribution in [3.05, 3.63) is 28.7 Å². The molecule has 1 aromatic rings. The maximum atomic E-state index is 6.19. The molecule has 2 nitrogen and oxygen atoms in total. The number of nitrogens with zero attached hydrogens (tertiary/aromatic N) is 1. The van der Waals surface area contributed by atoms with Crippen LogP contribution in [0.1, 0.15) is 20.8 Å². The van der Waals surface area contributed by atoms with Crippen LogP contribution in [0.3, 0.4) is 0 Å². The molecular formula is C13H22BrNOSi. The van der Waals surface area contributed by atoms with E-state index in [2.05, 4.69) is 68.5 Å². The van der Waals surface area contributed by atoms with Crippen molar-refractivity contribution in [3.8, 4) is 0 Å². The summed E-state index contributed by atoms with van der Waals surface area (Å²) in [5, 5.41) is 2.03. The lowest BCUT2D eigenvalue weighted by atomic mass is 10.1. The molecule has 0 saturated carbocycles. The van der Waals surface area contributed by atoms with Gasteiger partial charge in [0.05, 0.1) is 11.2 Å². The van der Waals surface area contributed by atoms with Gasteiger partial charge >= 0.3 is 0 Å². The largest absolute Gasteiger partial charge is 0.320 e.